The van der Waals surface area contributed by atoms with Crippen LogP contribution in [0.4, 0.5) is 0 Å². The molecule has 5 nitrogen and oxygen atoms in total. The van der Waals surface area contributed by atoms with Crippen LogP contribution < -0.4 is 5.32 Å². The van der Waals surface area contributed by atoms with Crippen molar-refractivity contribution in [1.82, 2.24) is 5.32 Å². The fourth-order valence-electron chi connectivity index (χ4n) is 1.59. The Labute approximate surface area is 107 Å². The van der Waals surface area contributed by atoms with Crippen molar-refractivity contribution in [3.63, 3.8) is 0 Å². The molecule has 0 bridgehead atoms. The van der Waals surface area contributed by atoms with Crippen molar-refractivity contribution in [2.75, 3.05) is 18.9 Å². The molecule has 3 unspecified atom stereocenters. The smallest absolute Gasteiger partial charge is 0.323 e. The number of aliphatic hydroxyl groups is 2. The van der Waals surface area contributed by atoms with Crippen molar-refractivity contribution in [3.8, 4) is 0 Å². The van der Waals surface area contributed by atoms with Crippen molar-refractivity contribution < 1.29 is 20.1 Å². The van der Waals surface area contributed by atoms with Gasteiger partial charge in [-0.3, -0.25) is 4.79 Å². The largest absolute Gasteiger partial charge is 0.480 e. The first kappa shape index (κ1) is 16.7. The summed E-state index contributed by atoms with van der Waals surface area (Å²) in [5.74, 6) is -0.450. The third-order valence-corrected chi connectivity index (χ3v) is 3.83. The molecule has 0 saturated heterocycles. The molecule has 0 aromatic rings. The minimum atomic E-state index is -0.939. The van der Waals surface area contributed by atoms with Crippen LogP contribution in [0.25, 0.3) is 0 Å². The zero-order valence-corrected chi connectivity index (χ0v) is 11.5. The van der Waals surface area contributed by atoms with Gasteiger partial charge >= 0.3 is 5.97 Å². The van der Waals surface area contributed by atoms with E-state index in [-0.39, 0.29) is 11.9 Å². The molecule has 4 N–H and O–H groups in total. The van der Waals surface area contributed by atoms with Crippen molar-refractivity contribution in [3.05, 3.63) is 0 Å². The summed E-state index contributed by atoms with van der Waals surface area (Å²) >= 11 is 1.47. The van der Waals surface area contributed by atoms with Crippen LogP contribution in [0.15, 0.2) is 0 Å². The molecule has 0 aliphatic carbocycles. The molecule has 0 saturated carbocycles. The minimum absolute atomic E-state index is 0.0938. The number of hydrogen-bond acceptors (Lipinski definition) is 5. The van der Waals surface area contributed by atoms with Gasteiger partial charge in [0.05, 0.1) is 12.7 Å². The molecule has 0 spiro atoms. The van der Waals surface area contributed by atoms with E-state index >= 15 is 0 Å². The summed E-state index contributed by atoms with van der Waals surface area (Å²) in [6.07, 6.45) is -0.267. The van der Waals surface area contributed by atoms with Gasteiger partial charge in [0.15, 0.2) is 0 Å². The van der Waals surface area contributed by atoms with E-state index in [2.05, 4.69) is 5.32 Å². The Morgan fingerprint density at radius 2 is 2.12 bits per heavy atom. The topological polar surface area (TPSA) is 89.8 Å². The number of carboxylic acids is 1. The number of aliphatic carboxylic acids is 1. The molecule has 102 valence electrons. The minimum Gasteiger partial charge on any atom is -0.480 e. The van der Waals surface area contributed by atoms with Crippen molar-refractivity contribution >= 4 is 17.7 Å². The van der Waals surface area contributed by atoms with Crippen LogP contribution in [0.3, 0.4) is 0 Å². The van der Waals surface area contributed by atoms with Crippen molar-refractivity contribution in [2.45, 2.75) is 44.1 Å². The van der Waals surface area contributed by atoms with Gasteiger partial charge in [0, 0.05) is 11.0 Å². The molecular weight excluding hydrogens is 242 g/mol. The Morgan fingerprint density at radius 1 is 1.53 bits per heavy atom. The second-order valence-corrected chi connectivity index (χ2v) is 5.82. The molecule has 0 aliphatic rings. The zero-order valence-electron chi connectivity index (χ0n) is 10.6. The molecule has 0 aliphatic heterocycles. The van der Waals surface area contributed by atoms with E-state index in [1.54, 1.807) is 6.92 Å². The maximum atomic E-state index is 11.2. The summed E-state index contributed by atoms with van der Waals surface area (Å²) in [4.78, 5) is 11.2. The molecule has 0 amide bonds. The monoisotopic (exact) mass is 265 g/mol. The summed E-state index contributed by atoms with van der Waals surface area (Å²) in [5, 5.41) is 30.1. The van der Waals surface area contributed by atoms with E-state index in [1.165, 1.54) is 11.8 Å². The Hall–Kier alpha value is -0.300. The lowest BCUT2D eigenvalue weighted by molar-refractivity contribution is -0.144. The highest BCUT2D eigenvalue weighted by molar-refractivity contribution is 7.99. The van der Waals surface area contributed by atoms with Crippen LogP contribution >= 0.6 is 11.8 Å². The Bertz CT molecular complexity index is 240. The Morgan fingerprint density at radius 3 is 2.53 bits per heavy atom. The zero-order chi connectivity index (χ0) is 13.5. The lowest BCUT2D eigenvalue weighted by Gasteiger charge is -2.28. The van der Waals surface area contributed by atoms with Gasteiger partial charge in [-0.1, -0.05) is 13.8 Å². The number of likely N-dealkylation sites (N-methyl/N-ethyl adjacent to an activating group) is 1. The van der Waals surface area contributed by atoms with Gasteiger partial charge in [-0.15, -0.1) is 0 Å². The summed E-state index contributed by atoms with van der Waals surface area (Å²) in [7, 11) is 0. The van der Waals surface area contributed by atoms with Crippen molar-refractivity contribution in [2.24, 2.45) is 0 Å². The van der Waals surface area contributed by atoms with Crippen LogP contribution in [0.2, 0.25) is 0 Å². The highest BCUT2D eigenvalue weighted by atomic mass is 32.2. The fourth-order valence-corrected chi connectivity index (χ4v) is 2.69. The molecule has 6 heteroatoms. The van der Waals surface area contributed by atoms with Crippen LogP contribution in [0.1, 0.15) is 27.2 Å². The Balaban J connectivity index is 4.22. The summed E-state index contributed by atoms with van der Waals surface area (Å²) < 4.78 is 0. The van der Waals surface area contributed by atoms with Gasteiger partial charge in [0.2, 0.25) is 0 Å². The van der Waals surface area contributed by atoms with Crippen LogP contribution in [-0.2, 0) is 4.79 Å². The molecule has 0 aromatic carbocycles. The third kappa shape index (κ3) is 6.26. The van der Waals surface area contributed by atoms with Gasteiger partial charge < -0.3 is 20.6 Å². The first-order chi connectivity index (χ1) is 7.85. The second kappa shape index (κ2) is 7.92. The number of rotatable bonds is 9. The molecule has 3 atom stereocenters. The summed E-state index contributed by atoms with van der Waals surface area (Å²) in [6, 6.07) is 0. The van der Waals surface area contributed by atoms with Gasteiger partial charge in [-0.05, 0) is 19.9 Å². The van der Waals surface area contributed by atoms with Gasteiger partial charge in [0.25, 0.3) is 0 Å². The van der Waals surface area contributed by atoms with E-state index in [4.69, 9.17) is 5.11 Å². The number of nitrogens with one attached hydrogen (secondary N) is 1. The highest BCUT2D eigenvalue weighted by Crippen LogP contribution is 2.22. The van der Waals surface area contributed by atoms with Gasteiger partial charge in [-0.25, -0.2) is 0 Å². The summed E-state index contributed by atoms with van der Waals surface area (Å²) in [6.45, 7) is 5.79. The molecule has 0 aromatic heterocycles. The first-order valence-electron chi connectivity index (χ1n) is 5.74. The van der Waals surface area contributed by atoms with Crippen LogP contribution in [0, 0.1) is 0 Å². The van der Waals surface area contributed by atoms with E-state index < -0.39 is 17.6 Å². The highest BCUT2D eigenvalue weighted by Gasteiger charge is 2.33. The normalized spacial score (nSPS) is 18.4. The fraction of sp³-hybridized carbons (Fsp3) is 0.909. The molecular formula is C11H23NO4S. The predicted octanol–water partition coefficient (Wildman–Crippen LogP) is 0.304. The van der Waals surface area contributed by atoms with Crippen LogP contribution in [-0.4, -0.2) is 57.1 Å². The molecule has 0 fully saturated rings. The maximum absolute atomic E-state index is 11.2. The lowest BCUT2D eigenvalue weighted by Crippen LogP contribution is -2.50. The maximum Gasteiger partial charge on any atom is 0.323 e. The molecule has 0 radical (unpaired) electrons. The van der Waals surface area contributed by atoms with Crippen molar-refractivity contribution in [1.29, 1.82) is 0 Å². The molecule has 0 rings (SSSR count). The van der Waals surface area contributed by atoms with Crippen LogP contribution in [0.5, 0.6) is 0 Å². The average Bonchev–Trinajstić information content (AvgIpc) is 2.25. The number of carbonyl (C=O) groups is 1. The number of thioether (sulfide) groups is 1. The third-order valence-electron chi connectivity index (χ3n) is 2.52. The van der Waals surface area contributed by atoms with E-state index in [0.717, 1.165) is 0 Å². The lowest BCUT2D eigenvalue weighted by atomic mass is 9.96. The molecule has 0 heterocycles. The average molecular weight is 265 g/mol. The number of aliphatic hydroxyl groups excluding tert-OH is 2. The van der Waals surface area contributed by atoms with Gasteiger partial charge in [-0.2, -0.15) is 11.8 Å². The van der Waals surface area contributed by atoms with E-state index in [9.17, 15) is 15.0 Å². The summed E-state index contributed by atoms with van der Waals surface area (Å²) in [5.41, 5.74) is -0.939. The van der Waals surface area contributed by atoms with E-state index in [0.29, 0.717) is 18.7 Å². The first-order valence-corrected chi connectivity index (χ1v) is 6.79. The second-order valence-electron chi connectivity index (χ2n) is 4.35. The Kier molecular flexibility index (Phi) is 7.78. The number of carboxylic acid groups (broad SMARTS) is 1. The quantitative estimate of drug-likeness (QED) is 0.479. The van der Waals surface area contributed by atoms with E-state index in [1.807, 2.05) is 13.8 Å². The predicted molar refractivity (Wildman–Crippen MR) is 69.3 cm³/mol. The number of hydrogen-bond donors (Lipinski definition) is 4. The van der Waals surface area contributed by atoms with Gasteiger partial charge in [0.1, 0.15) is 5.54 Å². The standard InChI is InChI=1S/C11H23NO4S/c1-4-12-11(3,10(15)16)5-8(2)17-7-9(14)6-13/h8-9,12-14H,4-7H2,1-3H3,(H,15,16). The molecule has 17 heavy (non-hydrogen) atoms. The SMILES string of the molecule is CCNC(C)(CC(C)SCC(O)CO)C(=O)O.